The molecule has 2 aromatic rings. The average molecular weight is 271 g/mol. The lowest BCUT2D eigenvalue weighted by Gasteiger charge is -2.24. The van der Waals surface area contributed by atoms with Gasteiger partial charge in [0.2, 0.25) is 0 Å². The van der Waals surface area contributed by atoms with Crippen LogP contribution < -0.4 is 9.47 Å². The molecule has 1 fully saturated rings. The van der Waals surface area contributed by atoms with Crippen molar-refractivity contribution >= 4 is 0 Å². The van der Waals surface area contributed by atoms with E-state index in [4.69, 9.17) is 9.47 Å². The molecule has 1 unspecified atom stereocenters. The van der Waals surface area contributed by atoms with Crippen molar-refractivity contribution in [3.63, 3.8) is 0 Å². The van der Waals surface area contributed by atoms with E-state index >= 15 is 0 Å². The molecule has 1 aliphatic carbocycles. The van der Waals surface area contributed by atoms with Gasteiger partial charge in [0.25, 0.3) is 0 Å². The van der Waals surface area contributed by atoms with Crippen molar-refractivity contribution in [3.8, 4) is 11.5 Å². The second kappa shape index (κ2) is 4.81. The van der Waals surface area contributed by atoms with Crippen molar-refractivity contribution in [2.24, 2.45) is 0 Å². The van der Waals surface area contributed by atoms with Crippen LogP contribution in [0.2, 0.25) is 0 Å². The highest BCUT2D eigenvalue weighted by molar-refractivity contribution is 5.40. The predicted molar refractivity (Wildman–Crippen MR) is 72.9 cm³/mol. The number of para-hydroxylation sites is 2. The van der Waals surface area contributed by atoms with Gasteiger partial charge >= 0.3 is 0 Å². The van der Waals surface area contributed by atoms with Crippen molar-refractivity contribution < 1.29 is 9.47 Å². The summed E-state index contributed by atoms with van der Waals surface area (Å²) in [5.74, 6) is 3.76. The first-order valence-electron chi connectivity index (χ1n) is 7.21. The Balaban J connectivity index is 1.54. The summed E-state index contributed by atoms with van der Waals surface area (Å²) in [7, 11) is 0. The van der Waals surface area contributed by atoms with Crippen LogP contribution in [0.25, 0.3) is 0 Å². The summed E-state index contributed by atoms with van der Waals surface area (Å²) in [6.07, 6.45) is 4.76. The molecule has 2 aliphatic rings. The zero-order chi connectivity index (χ0) is 13.4. The van der Waals surface area contributed by atoms with Gasteiger partial charge in [0.1, 0.15) is 6.61 Å². The molecule has 0 amide bonds. The molecule has 2 heterocycles. The topological polar surface area (TPSA) is 60.0 Å². The lowest BCUT2D eigenvalue weighted by atomic mass is 10.1. The molecule has 0 radical (unpaired) electrons. The fourth-order valence-electron chi connectivity index (χ4n) is 2.95. The number of benzene rings is 1. The Morgan fingerprint density at radius 1 is 1.10 bits per heavy atom. The number of aromatic nitrogens is 3. The summed E-state index contributed by atoms with van der Waals surface area (Å²) in [5, 5.41) is 7.37. The second-order valence-electron chi connectivity index (χ2n) is 5.42. The minimum Gasteiger partial charge on any atom is -0.485 e. The van der Waals surface area contributed by atoms with Gasteiger partial charge in [0.05, 0.1) is 0 Å². The van der Waals surface area contributed by atoms with E-state index in [0.29, 0.717) is 12.5 Å². The molecule has 1 aromatic carbocycles. The highest BCUT2D eigenvalue weighted by Gasteiger charge is 2.27. The average Bonchev–Trinajstić information content (AvgIpc) is 3.17. The fourth-order valence-corrected chi connectivity index (χ4v) is 2.95. The first-order valence-corrected chi connectivity index (χ1v) is 7.21. The molecule has 4 rings (SSSR count). The molecule has 0 bridgehead atoms. The van der Waals surface area contributed by atoms with Crippen molar-refractivity contribution in [3.05, 3.63) is 35.9 Å². The first-order chi connectivity index (χ1) is 9.90. The number of nitrogens with one attached hydrogen (secondary N) is 1. The molecular formula is C15H17N3O2. The largest absolute Gasteiger partial charge is 0.485 e. The molecule has 1 atom stereocenters. The van der Waals surface area contributed by atoms with Crippen LogP contribution in [-0.4, -0.2) is 21.8 Å². The Bertz CT molecular complexity index is 605. The van der Waals surface area contributed by atoms with Gasteiger partial charge in [-0.3, -0.25) is 5.10 Å². The maximum absolute atomic E-state index is 5.94. The Labute approximate surface area is 117 Å². The zero-order valence-electron chi connectivity index (χ0n) is 11.2. The number of aromatic amines is 1. The van der Waals surface area contributed by atoms with E-state index in [1.54, 1.807) is 0 Å². The second-order valence-corrected chi connectivity index (χ2v) is 5.42. The Morgan fingerprint density at radius 3 is 2.75 bits per heavy atom. The van der Waals surface area contributed by atoms with Gasteiger partial charge in [-0.15, -0.1) is 0 Å². The fraction of sp³-hybridized carbons (Fsp3) is 0.467. The number of nitrogens with zero attached hydrogens (tertiary/aromatic N) is 2. The number of hydrogen-bond donors (Lipinski definition) is 1. The molecule has 0 spiro atoms. The third kappa shape index (κ3) is 2.03. The minimum atomic E-state index is -0.201. The van der Waals surface area contributed by atoms with Crippen molar-refractivity contribution in [1.29, 1.82) is 0 Å². The number of ether oxygens (including phenoxy) is 2. The third-order valence-electron chi connectivity index (χ3n) is 4.05. The standard InChI is InChI=1S/C15H17N3O2/c1-2-6-10(5-1)14-16-15(18-17-14)13-9-19-11-7-3-4-8-12(11)20-13/h3-4,7-8,10,13H,1-2,5-6,9H2,(H,16,17,18). The normalized spacial score (nSPS) is 22.1. The molecule has 5 heteroatoms. The lowest BCUT2D eigenvalue weighted by Crippen LogP contribution is -2.22. The van der Waals surface area contributed by atoms with Crippen LogP contribution in [0.5, 0.6) is 11.5 Å². The molecule has 1 aliphatic heterocycles. The molecule has 1 aromatic heterocycles. The molecule has 20 heavy (non-hydrogen) atoms. The summed E-state index contributed by atoms with van der Waals surface area (Å²) in [5.41, 5.74) is 0. The van der Waals surface area contributed by atoms with Crippen LogP contribution in [-0.2, 0) is 0 Å². The minimum absolute atomic E-state index is 0.201. The Hall–Kier alpha value is -2.04. The predicted octanol–water partition coefficient (Wildman–Crippen LogP) is 2.97. The number of rotatable bonds is 2. The summed E-state index contributed by atoms with van der Waals surface area (Å²) < 4.78 is 11.6. The van der Waals surface area contributed by atoms with Gasteiger partial charge in [0, 0.05) is 5.92 Å². The van der Waals surface area contributed by atoms with Gasteiger partial charge in [-0.2, -0.15) is 5.10 Å². The molecule has 5 nitrogen and oxygen atoms in total. The summed E-state index contributed by atoms with van der Waals surface area (Å²) >= 11 is 0. The van der Waals surface area contributed by atoms with E-state index < -0.39 is 0 Å². The maximum atomic E-state index is 5.94. The van der Waals surface area contributed by atoms with Crippen molar-refractivity contribution in [2.45, 2.75) is 37.7 Å². The van der Waals surface area contributed by atoms with Crippen molar-refractivity contribution in [1.82, 2.24) is 15.2 Å². The van der Waals surface area contributed by atoms with Gasteiger partial charge < -0.3 is 9.47 Å². The molecule has 1 N–H and O–H groups in total. The Kier molecular flexibility index (Phi) is 2.83. The van der Waals surface area contributed by atoms with Crippen LogP contribution >= 0.6 is 0 Å². The van der Waals surface area contributed by atoms with Crippen LogP contribution in [0.4, 0.5) is 0 Å². The molecule has 104 valence electrons. The summed E-state index contributed by atoms with van der Waals surface area (Å²) in [6, 6.07) is 7.70. The van der Waals surface area contributed by atoms with E-state index in [-0.39, 0.29) is 6.10 Å². The number of H-pyrrole nitrogens is 1. The molecule has 1 saturated carbocycles. The van der Waals surface area contributed by atoms with Crippen LogP contribution in [0, 0.1) is 0 Å². The maximum Gasteiger partial charge on any atom is 0.191 e. The van der Waals surface area contributed by atoms with E-state index in [2.05, 4.69) is 15.2 Å². The smallest absolute Gasteiger partial charge is 0.191 e. The Morgan fingerprint density at radius 2 is 1.90 bits per heavy atom. The van der Waals surface area contributed by atoms with E-state index in [1.807, 2.05) is 24.3 Å². The lowest BCUT2D eigenvalue weighted by molar-refractivity contribution is 0.0852. The van der Waals surface area contributed by atoms with E-state index in [1.165, 1.54) is 25.7 Å². The zero-order valence-corrected chi connectivity index (χ0v) is 11.2. The number of hydrogen-bond acceptors (Lipinski definition) is 4. The van der Waals surface area contributed by atoms with Gasteiger partial charge in [-0.25, -0.2) is 4.98 Å². The molecule has 0 saturated heterocycles. The van der Waals surface area contributed by atoms with Crippen molar-refractivity contribution in [2.75, 3.05) is 6.61 Å². The van der Waals surface area contributed by atoms with Gasteiger partial charge in [0.15, 0.2) is 29.3 Å². The number of fused-ring (bicyclic) bond motifs is 1. The summed E-state index contributed by atoms with van der Waals surface area (Å²) in [4.78, 5) is 4.62. The van der Waals surface area contributed by atoms with Crippen LogP contribution in [0.1, 0.15) is 49.4 Å². The van der Waals surface area contributed by atoms with Gasteiger partial charge in [-0.1, -0.05) is 25.0 Å². The quantitative estimate of drug-likeness (QED) is 0.912. The van der Waals surface area contributed by atoms with E-state index in [9.17, 15) is 0 Å². The monoisotopic (exact) mass is 271 g/mol. The third-order valence-corrected chi connectivity index (χ3v) is 4.05. The van der Waals surface area contributed by atoms with Gasteiger partial charge in [-0.05, 0) is 25.0 Å². The van der Waals surface area contributed by atoms with Crippen LogP contribution in [0.15, 0.2) is 24.3 Å². The SMILES string of the molecule is c1ccc2c(c1)OCC(c1nc(C3CCCC3)n[nH]1)O2. The highest BCUT2D eigenvalue weighted by Crippen LogP contribution is 2.36. The summed E-state index contributed by atoms with van der Waals surface area (Å²) in [6.45, 7) is 0.469. The van der Waals surface area contributed by atoms with Crippen LogP contribution in [0.3, 0.4) is 0 Å². The highest BCUT2D eigenvalue weighted by atomic mass is 16.6. The van der Waals surface area contributed by atoms with E-state index in [0.717, 1.165) is 23.1 Å². The molecular weight excluding hydrogens is 254 g/mol. The first kappa shape index (κ1) is 11.8.